The second-order valence-electron chi connectivity index (χ2n) is 5.42. The number of nitrogens with one attached hydrogen (secondary N) is 1. The van der Waals surface area contributed by atoms with Crippen molar-refractivity contribution in [2.45, 2.75) is 31.8 Å². The minimum Gasteiger partial charge on any atom is -0.497 e. The van der Waals surface area contributed by atoms with Crippen LogP contribution in [0.25, 0.3) is 0 Å². The van der Waals surface area contributed by atoms with E-state index in [2.05, 4.69) is 5.32 Å². The lowest BCUT2D eigenvalue weighted by Crippen LogP contribution is -2.29. The van der Waals surface area contributed by atoms with E-state index >= 15 is 0 Å². The monoisotopic (exact) mass is 316 g/mol. The first-order chi connectivity index (χ1) is 11.1. The SMILES string of the molecule is COc1cccc(NC(=O)[C@@H](C#N)C(=O)CC[C@@H]2CCCO2)c1. The summed E-state index contributed by atoms with van der Waals surface area (Å²) in [6.45, 7) is 0.719. The summed E-state index contributed by atoms with van der Waals surface area (Å²) in [6, 6.07) is 8.55. The molecule has 1 aliphatic rings. The molecular weight excluding hydrogens is 296 g/mol. The van der Waals surface area contributed by atoms with Crippen LogP contribution in [-0.4, -0.2) is 31.5 Å². The first-order valence-corrected chi connectivity index (χ1v) is 7.63. The molecule has 1 aromatic rings. The Kier molecular flexibility index (Phi) is 6.12. The van der Waals surface area contributed by atoms with Crippen LogP contribution in [0.15, 0.2) is 24.3 Å². The van der Waals surface area contributed by atoms with Gasteiger partial charge in [-0.3, -0.25) is 9.59 Å². The number of hydrogen-bond acceptors (Lipinski definition) is 5. The Morgan fingerprint density at radius 2 is 2.35 bits per heavy atom. The van der Waals surface area contributed by atoms with Gasteiger partial charge in [0.25, 0.3) is 0 Å². The summed E-state index contributed by atoms with van der Waals surface area (Å²) in [5.41, 5.74) is 0.488. The fourth-order valence-corrected chi connectivity index (χ4v) is 2.51. The number of ether oxygens (including phenoxy) is 2. The fraction of sp³-hybridized carbons (Fsp3) is 0.471. The molecule has 0 saturated carbocycles. The molecule has 0 unspecified atom stereocenters. The number of carbonyl (C=O) groups is 2. The first-order valence-electron chi connectivity index (χ1n) is 7.63. The highest BCUT2D eigenvalue weighted by Crippen LogP contribution is 2.20. The third kappa shape index (κ3) is 4.80. The number of carbonyl (C=O) groups excluding carboxylic acids is 2. The van der Waals surface area contributed by atoms with Gasteiger partial charge in [0.05, 0.1) is 19.3 Å². The number of hydrogen-bond donors (Lipinski definition) is 1. The van der Waals surface area contributed by atoms with Crippen LogP contribution in [0.2, 0.25) is 0 Å². The minimum atomic E-state index is -1.30. The zero-order chi connectivity index (χ0) is 16.7. The van der Waals surface area contributed by atoms with Crippen molar-refractivity contribution in [3.05, 3.63) is 24.3 Å². The largest absolute Gasteiger partial charge is 0.497 e. The average molecular weight is 316 g/mol. The Bertz CT molecular complexity index is 603. The molecule has 6 nitrogen and oxygen atoms in total. The van der Waals surface area contributed by atoms with E-state index in [1.54, 1.807) is 30.3 Å². The first kappa shape index (κ1) is 17.0. The molecule has 6 heteroatoms. The quantitative estimate of drug-likeness (QED) is 0.780. The number of benzene rings is 1. The molecular formula is C17H20N2O4. The molecule has 1 N–H and O–H groups in total. The van der Waals surface area contributed by atoms with Crippen molar-refractivity contribution in [3.63, 3.8) is 0 Å². The maximum Gasteiger partial charge on any atom is 0.249 e. The van der Waals surface area contributed by atoms with Crippen LogP contribution in [0.4, 0.5) is 5.69 Å². The highest BCUT2D eigenvalue weighted by atomic mass is 16.5. The molecule has 1 amide bonds. The molecule has 23 heavy (non-hydrogen) atoms. The van der Waals surface area contributed by atoms with Gasteiger partial charge in [0.15, 0.2) is 11.7 Å². The van der Waals surface area contributed by atoms with Gasteiger partial charge in [-0.1, -0.05) is 6.07 Å². The number of nitrogens with zero attached hydrogens (tertiary/aromatic N) is 1. The summed E-state index contributed by atoms with van der Waals surface area (Å²) in [4.78, 5) is 24.3. The Balaban J connectivity index is 1.91. The van der Waals surface area contributed by atoms with E-state index in [1.165, 1.54) is 7.11 Å². The van der Waals surface area contributed by atoms with Gasteiger partial charge < -0.3 is 14.8 Å². The van der Waals surface area contributed by atoms with Crippen molar-refractivity contribution >= 4 is 17.4 Å². The van der Waals surface area contributed by atoms with E-state index in [4.69, 9.17) is 14.7 Å². The Morgan fingerprint density at radius 3 is 3.00 bits per heavy atom. The Morgan fingerprint density at radius 1 is 1.52 bits per heavy atom. The third-order valence-corrected chi connectivity index (χ3v) is 3.79. The maximum absolute atomic E-state index is 12.2. The third-order valence-electron chi connectivity index (χ3n) is 3.79. The van der Waals surface area contributed by atoms with E-state index in [0.717, 1.165) is 19.4 Å². The number of nitriles is 1. The lowest BCUT2D eigenvalue weighted by molar-refractivity contribution is -0.129. The lowest BCUT2D eigenvalue weighted by Gasteiger charge is -2.12. The summed E-state index contributed by atoms with van der Waals surface area (Å²) in [5, 5.41) is 11.7. The molecule has 1 aliphatic heterocycles. The normalized spacial score (nSPS) is 18.0. The molecule has 0 bridgehead atoms. The fourth-order valence-electron chi connectivity index (χ4n) is 2.51. The molecule has 1 aromatic carbocycles. The van der Waals surface area contributed by atoms with Crippen LogP contribution in [0.5, 0.6) is 5.75 Å². The van der Waals surface area contributed by atoms with Crippen molar-refractivity contribution in [2.24, 2.45) is 5.92 Å². The predicted molar refractivity (Wildman–Crippen MR) is 83.9 cm³/mol. The summed E-state index contributed by atoms with van der Waals surface area (Å²) in [7, 11) is 1.52. The number of anilines is 1. The minimum absolute atomic E-state index is 0.0692. The van der Waals surface area contributed by atoms with E-state index in [0.29, 0.717) is 17.9 Å². The van der Waals surface area contributed by atoms with Gasteiger partial charge >= 0.3 is 0 Å². The van der Waals surface area contributed by atoms with Gasteiger partial charge in [0.2, 0.25) is 5.91 Å². The zero-order valence-electron chi connectivity index (χ0n) is 13.1. The molecule has 1 heterocycles. The number of amides is 1. The summed E-state index contributed by atoms with van der Waals surface area (Å²) >= 11 is 0. The van der Waals surface area contributed by atoms with Crippen molar-refractivity contribution in [1.29, 1.82) is 5.26 Å². The zero-order valence-corrected chi connectivity index (χ0v) is 13.1. The van der Waals surface area contributed by atoms with Gasteiger partial charge in [-0.25, -0.2) is 0 Å². The molecule has 2 atom stereocenters. The Labute approximate surface area is 135 Å². The van der Waals surface area contributed by atoms with Gasteiger partial charge in [-0.15, -0.1) is 0 Å². The van der Waals surface area contributed by atoms with Gasteiger partial charge in [0.1, 0.15) is 5.75 Å². The van der Waals surface area contributed by atoms with Crippen LogP contribution in [-0.2, 0) is 14.3 Å². The molecule has 0 spiro atoms. The van der Waals surface area contributed by atoms with Crippen LogP contribution >= 0.6 is 0 Å². The van der Waals surface area contributed by atoms with E-state index in [-0.39, 0.29) is 18.3 Å². The van der Waals surface area contributed by atoms with Crippen molar-refractivity contribution in [1.82, 2.24) is 0 Å². The van der Waals surface area contributed by atoms with Gasteiger partial charge in [-0.05, 0) is 31.4 Å². The lowest BCUT2D eigenvalue weighted by atomic mass is 9.98. The van der Waals surface area contributed by atoms with Crippen molar-refractivity contribution in [2.75, 3.05) is 19.0 Å². The molecule has 0 aliphatic carbocycles. The highest BCUT2D eigenvalue weighted by Gasteiger charge is 2.27. The molecule has 0 radical (unpaired) electrons. The molecule has 122 valence electrons. The number of methoxy groups -OCH3 is 1. The molecule has 0 aromatic heterocycles. The van der Waals surface area contributed by atoms with Crippen LogP contribution in [0.3, 0.4) is 0 Å². The molecule has 1 saturated heterocycles. The van der Waals surface area contributed by atoms with Crippen LogP contribution in [0.1, 0.15) is 25.7 Å². The van der Waals surface area contributed by atoms with E-state index < -0.39 is 11.8 Å². The number of rotatable bonds is 7. The van der Waals surface area contributed by atoms with Crippen molar-refractivity contribution in [3.8, 4) is 11.8 Å². The van der Waals surface area contributed by atoms with Crippen LogP contribution < -0.4 is 10.1 Å². The number of ketones is 1. The summed E-state index contributed by atoms with van der Waals surface area (Å²) in [5.74, 6) is -1.70. The topological polar surface area (TPSA) is 88.4 Å². The number of Topliss-reactive ketones (excluding diaryl/α,β-unsaturated/α-hetero) is 1. The summed E-state index contributed by atoms with van der Waals surface area (Å²) < 4.78 is 10.5. The molecule has 1 fully saturated rings. The standard InChI is InChI=1S/C17H20N2O4/c1-22-14-5-2-4-12(10-14)19-17(21)15(11-18)16(20)8-7-13-6-3-9-23-13/h2,4-5,10,13,15H,3,6-9H2,1H3,(H,19,21)/t13-,15-/m0/s1. The average Bonchev–Trinajstić information content (AvgIpc) is 3.07. The second-order valence-corrected chi connectivity index (χ2v) is 5.42. The highest BCUT2D eigenvalue weighted by molar-refractivity contribution is 6.09. The van der Waals surface area contributed by atoms with Crippen LogP contribution in [0, 0.1) is 17.2 Å². The maximum atomic E-state index is 12.2. The van der Waals surface area contributed by atoms with Crippen molar-refractivity contribution < 1.29 is 19.1 Å². The smallest absolute Gasteiger partial charge is 0.249 e. The molecule has 2 rings (SSSR count). The predicted octanol–water partition coefficient (Wildman–Crippen LogP) is 2.30. The van der Waals surface area contributed by atoms with E-state index in [1.807, 2.05) is 0 Å². The second kappa shape index (κ2) is 8.30. The van der Waals surface area contributed by atoms with E-state index in [9.17, 15) is 9.59 Å². The Hall–Kier alpha value is -2.39. The van der Waals surface area contributed by atoms with Gasteiger partial charge in [0, 0.05) is 24.8 Å². The summed E-state index contributed by atoms with van der Waals surface area (Å²) in [6.07, 6.45) is 2.73. The van der Waals surface area contributed by atoms with Gasteiger partial charge in [-0.2, -0.15) is 5.26 Å².